The molecule has 15 heteroatoms. The summed E-state index contributed by atoms with van der Waals surface area (Å²) in [6.45, 7) is 4.48. The molecule has 0 radical (unpaired) electrons. The average molecular weight is 812 g/mol. The Kier molecular flexibility index (Phi) is 11.8. The Morgan fingerprint density at radius 1 is 1.07 bits per heavy atom. The molecule has 12 nitrogen and oxygen atoms in total. The number of carbonyl (C=O) groups excluding carboxylic acids is 2. The minimum atomic E-state index is -3.64. The van der Waals surface area contributed by atoms with E-state index in [-0.39, 0.29) is 47.9 Å². The van der Waals surface area contributed by atoms with Crippen molar-refractivity contribution < 1.29 is 31.7 Å². The largest absolute Gasteiger partial charge is 0.491 e. The fourth-order valence-corrected chi connectivity index (χ4v) is 11.0. The molecule has 1 saturated carbocycles. The van der Waals surface area contributed by atoms with Crippen LogP contribution in [-0.2, 0) is 50.7 Å². The number of amides is 2. The Balaban J connectivity index is 1.27. The molecule has 1 fully saturated rings. The molecule has 0 spiro atoms. The minimum Gasteiger partial charge on any atom is -0.491 e. The van der Waals surface area contributed by atoms with Crippen LogP contribution in [0, 0.1) is 17.8 Å². The summed E-state index contributed by atoms with van der Waals surface area (Å²) in [6, 6.07) is 12.9. The first-order valence-electron chi connectivity index (χ1n) is 19.0. The van der Waals surface area contributed by atoms with Crippen LogP contribution in [0.25, 0.3) is 0 Å². The van der Waals surface area contributed by atoms with Crippen molar-refractivity contribution in [1.29, 1.82) is 0 Å². The molecule has 4 heterocycles. The van der Waals surface area contributed by atoms with Gasteiger partial charge < -0.3 is 18.9 Å². The van der Waals surface area contributed by atoms with Gasteiger partial charge in [-0.3, -0.25) is 14.3 Å². The van der Waals surface area contributed by atoms with Gasteiger partial charge in [0.2, 0.25) is 10.0 Å². The number of fused-ring (bicyclic) bond motifs is 4. The van der Waals surface area contributed by atoms with Crippen LogP contribution in [0.15, 0.2) is 65.2 Å². The first-order valence-corrected chi connectivity index (χ1v) is 22.9. The maximum atomic E-state index is 14.7. The highest BCUT2D eigenvalue weighted by molar-refractivity contribution is 7.92. The number of allylic oxidation sites excluding steroid dienone is 1. The number of sulfonamides is 1. The second-order valence-electron chi connectivity index (χ2n) is 15.4. The molecule has 1 unspecified atom stereocenters. The number of aryl methyl sites for hydroxylation is 1. The van der Waals surface area contributed by atoms with E-state index in [1.807, 2.05) is 29.7 Å². The first-order chi connectivity index (χ1) is 26.3. The Hall–Kier alpha value is -3.69. The van der Waals surface area contributed by atoms with Gasteiger partial charge in [0.05, 0.1) is 42.5 Å². The predicted molar refractivity (Wildman–Crippen MR) is 214 cm³/mol. The number of nitrogens with zero attached hydrogens (tertiary/aromatic N) is 4. The molecule has 296 valence electrons. The number of anilines is 1. The van der Waals surface area contributed by atoms with Crippen LogP contribution in [-0.4, -0.2) is 78.2 Å². The highest BCUT2D eigenvalue weighted by Crippen LogP contribution is 2.42. The second-order valence-corrected chi connectivity index (χ2v) is 19.8. The summed E-state index contributed by atoms with van der Waals surface area (Å²) in [4.78, 5) is 30.2. The number of hydrogen-bond donors (Lipinski definition) is 1. The number of aromatic nitrogens is 1. The van der Waals surface area contributed by atoms with Gasteiger partial charge >= 0.3 is 0 Å². The molecular weight excluding hydrogens is 762 g/mol. The van der Waals surface area contributed by atoms with Gasteiger partial charge in [-0.2, -0.15) is 4.31 Å². The molecule has 2 amide bonds. The Morgan fingerprint density at radius 3 is 2.67 bits per heavy atom. The average Bonchev–Trinajstić information content (AvgIpc) is 3.55. The van der Waals surface area contributed by atoms with Gasteiger partial charge in [-0.15, -0.1) is 4.36 Å². The maximum absolute atomic E-state index is 14.7. The number of carbonyl (C=O) groups is 2. The fourth-order valence-electron chi connectivity index (χ4n) is 8.16. The minimum absolute atomic E-state index is 0.0620. The molecule has 55 heavy (non-hydrogen) atoms. The summed E-state index contributed by atoms with van der Waals surface area (Å²) in [6.07, 6.45) is 12.1. The first kappa shape index (κ1) is 39.5. The molecule has 1 aromatic heterocycles. The van der Waals surface area contributed by atoms with Crippen LogP contribution in [0.2, 0.25) is 5.02 Å². The third-order valence-electron chi connectivity index (χ3n) is 11.3. The van der Waals surface area contributed by atoms with E-state index in [2.05, 4.69) is 26.1 Å². The number of halogens is 1. The fraction of sp³-hybridized carbons (Fsp3) is 0.500. The SMILES string of the molecule is CO[C@H]1/C=C/C[C@H](C)CS(=O)(NC(=O)c2cc3n(c2)CCN(S(C)(=O)=O)C3)=NC(=O)c2ccc3c(c2)N(Cc2ccc(Cl)cc2CCCCO3)C[C@@H]2CC[C@H]21. The van der Waals surface area contributed by atoms with E-state index < -0.39 is 31.8 Å². The molecule has 1 aliphatic carbocycles. The quantitative estimate of drug-likeness (QED) is 0.306. The summed E-state index contributed by atoms with van der Waals surface area (Å²) in [5.74, 6) is -0.346. The van der Waals surface area contributed by atoms with Gasteiger partial charge in [0.15, 0.2) is 0 Å². The number of methoxy groups -OCH3 is 1. The van der Waals surface area contributed by atoms with Crippen molar-refractivity contribution in [1.82, 2.24) is 13.6 Å². The molecule has 0 saturated heterocycles. The summed E-state index contributed by atoms with van der Waals surface area (Å²) in [5.41, 5.74) is 4.19. The molecular formula is C40H50ClN5O7S2. The van der Waals surface area contributed by atoms with E-state index in [0.717, 1.165) is 49.6 Å². The number of nitrogens with one attached hydrogen (secondary N) is 1. The number of ether oxygens (including phenoxy) is 2. The molecule has 5 atom stereocenters. The zero-order chi connectivity index (χ0) is 38.9. The molecule has 7 rings (SSSR count). The van der Waals surface area contributed by atoms with E-state index in [1.54, 1.807) is 37.6 Å². The zero-order valence-electron chi connectivity index (χ0n) is 31.6. The standard InChI is InChI=1S/C40H50ClN5O7S2/c1-27-7-6-9-37(52-2)35-14-11-31(35)23-45-22-30-10-13-33(41)19-28(30)8-4-5-18-53-38-15-12-29(21-36(38)45)39(47)42-55(51,26-27)43-40(48)32-20-34-25-46(54(3,49)50)17-16-44(34)24-32/h6,9-10,12-13,15,19-21,24,27,31,35,37H,4-5,7-8,11,14,16-18,22-23,25-26H2,1-3H3,(H,42,43,47,48,51)/b9-6+/t27-,31-,35+,37-,55?/m0/s1. The normalized spacial score (nSPS) is 27.1. The van der Waals surface area contributed by atoms with Crippen molar-refractivity contribution >= 4 is 49.0 Å². The molecule has 3 aliphatic heterocycles. The third-order valence-corrected chi connectivity index (χ3v) is 14.8. The van der Waals surface area contributed by atoms with E-state index in [1.165, 1.54) is 9.87 Å². The van der Waals surface area contributed by atoms with E-state index in [4.69, 9.17) is 21.1 Å². The van der Waals surface area contributed by atoms with Gasteiger partial charge in [-0.25, -0.2) is 12.6 Å². The van der Waals surface area contributed by atoms with Crippen molar-refractivity contribution in [3.05, 3.63) is 93.8 Å². The summed E-state index contributed by atoms with van der Waals surface area (Å²) < 4.78 is 61.7. The molecule has 2 bridgehead atoms. The van der Waals surface area contributed by atoms with Crippen LogP contribution in [0.4, 0.5) is 5.69 Å². The van der Waals surface area contributed by atoms with Gasteiger partial charge in [0, 0.05) is 55.8 Å². The Labute approximate surface area is 329 Å². The van der Waals surface area contributed by atoms with E-state index in [0.29, 0.717) is 55.0 Å². The van der Waals surface area contributed by atoms with Crippen molar-refractivity contribution in [2.24, 2.45) is 22.1 Å². The van der Waals surface area contributed by atoms with Crippen LogP contribution in [0.3, 0.4) is 0 Å². The van der Waals surface area contributed by atoms with E-state index >= 15 is 0 Å². The second kappa shape index (κ2) is 16.4. The summed E-state index contributed by atoms with van der Waals surface area (Å²) in [7, 11) is -5.33. The van der Waals surface area contributed by atoms with Crippen molar-refractivity contribution in [3.63, 3.8) is 0 Å². The topological polar surface area (TPSA) is 140 Å². The number of rotatable bonds is 4. The van der Waals surface area contributed by atoms with Gasteiger partial charge in [-0.1, -0.05) is 36.7 Å². The lowest BCUT2D eigenvalue weighted by Crippen LogP contribution is -2.43. The Bertz CT molecular complexity index is 2210. The molecule has 4 aliphatic rings. The highest BCUT2D eigenvalue weighted by Gasteiger charge is 2.38. The van der Waals surface area contributed by atoms with Crippen molar-refractivity contribution in [3.8, 4) is 5.75 Å². The van der Waals surface area contributed by atoms with Gasteiger partial charge in [0.25, 0.3) is 11.8 Å². The van der Waals surface area contributed by atoms with Crippen LogP contribution in [0.5, 0.6) is 5.75 Å². The summed E-state index contributed by atoms with van der Waals surface area (Å²) >= 11 is 6.47. The maximum Gasteiger partial charge on any atom is 0.286 e. The number of benzene rings is 2. The van der Waals surface area contributed by atoms with Crippen molar-refractivity contribution in [2.75, 3.05) is 43.7 Å². The highest BCUT2D eigenvalue weighted by atomic mass is 35.5. The van der Waals surface area contributed by atoms with E-state index in [9.17, 15) is 22.2 Å². The number of hydrogen-bond acceptors (Lipinski definition) is 8. The van der Waals surface area contributed by atoms with Crippen LogP contribution in [0.1, 0.15) is 76.6 Å². The molecule has 2 aromatic carbocycles. The van der Waals surface area contributed by atoms with Crippen LogP contribution < -0.4 is 14.4 Å². The lowest BCUT2D eigenvalue weighted by Gasteiger charge is -2.43. The third kappa shape index (κ3) is 9.15. The predicted octanol–water partition coefficient (Wildman–Crippen LogP) is 6.23. The molecule has 1 N–H and O–H groups in total. The zero-order valence-corrected chi connectivity index (χ0v) is 34.0. The smallest absolute Gasteiger partial charge is 0.286 e. The molecule has 3 aromatic rings. The van der Waals surface area contributed by atoms with Gasteiger partial charge in [-0.05, 0) is 104 Å². The van der Waals surface area contributed by atoms with Crippen molar-refractivity contribution in [2.45, 2.75) is 71.2 Å². The Morgan fingerprint density at radius 2 is 1.91 bits per heavy atom. The van der Waals surface area contributed by atoms with Gasteiger partial charge in [0.1, 0.15) is 15.7 Å². The monoisotopic (exact) mass is 811 g/mol. The lowest BCUT2D eigenvalue weighted by molar-refractivity contribution is 0.0133. The van der Waals surface area contributed by atoms with Crippen LogP contribution >= 0.6 is 11.6 Å². The lowest BCUT2D eigenvalue weighted by atomic mass is 9.70. The summed E-state index contributed by atoms with van der Waals surface area (Å²) in [5, 5.41) is 0.696.